The van der Waals surface area contributed by atoms with Crippen LogP contribution in [0.15, 0.2) is 24.3 Å². The molecule has 0 unspecified atom stereocenters. The maximum atomic E-state index is 10.3. The SMILES string of the molecule is Cc1cc(C)cc(/C=C\C(=O)O)c1. The van der Waals surface area contributed by atoms with Crippen LogP contribution >= 0.6 is 0 Å². The molecule has 0 saturated carbocycles. The lowest BCUT2D eigenvalue weighted by Crippen LogP contribution is -1.86. The zero-order valence-corrected chi connectivity index (χ0v) is 7.74. The third-order valence-electron chi connectivity index (χ3n) is 1.66. The molecule has 13 heavy (non-hydrogen) atoms. The van der Waals surface area contributed by atoms with Crippen LogP contribution in [0.1, 0.15) is 16.7 Å². The van der Waals surface area contributed by atoms with Gasteiger partial charge in [-0.3, -0.25) is 0 Å². The van der Waals surface area contributed by atoms with E-state index in [0.29, 0.717) is 0 Å². The first-order chi connectivity index (χ1) is 6.08. The highest BCUT2D eigenvalue weighted by atomic mass is 16.4. The van der Waals surface area contributed by atoms with Crippen LogP contribution < -0.4 is 0 Å². The second kappa shape index (κ2) is 3.90. The molecule has 2 heteroatoms. The van der Waals surface area contributed by atoms with E-state index in [1.54, 1.807) is 6.08 Å². The predicted octanol–water partition coefficient (Wildman–Crippen LogP) is 2.40. The molecule has 2 nitrogen and oxygen atoms in total. The van der Waals surface area contributed by atoms with Crippen LogP contribution in [-0.2, 0) is 4.79 Å². The Labute approximate surface area is 77.5 Å². The lowest BCUT2D eigenvalue weighted by atomic mass is 10.1. The van der Waals surface area contributed by atoms with Gasteiger partial charge < -0.3 is 5.11 Å². The first-order valence-corrected chi connectivity index (χ1v) is 4.07. The standard InChI is InChI=1S/C11H12O2/c1-8-5-9(2)7-10(6-8)3-4-11(12)13/h3-7H,1-2H3,(H,12,13)/b4-3-. The number of hydrogen-bond acceptors (Lipinski definition) is 1. The Morgan fingerprint density at radius 2 is 1.77 bits per heavy atom. The summed E-state index contributed by atoms with van der Waals surface area (Å²) in [5.74, 6) is -0.917. The summed E-state index contributed by atoms with van der Waals surface area (Å²) in [5.41, 5.74) is 3.22. The summed E-state index contributed by atoms with van der Waals surface area (Å²) in [4.78, 5) is 10.3. The van der Waals surface area contributed by atoms with Crippen LogP contribution in [0.25, 0.3) is 6.08 Å². The molecule has 0 atom stereocenters. The normalized spacial score (nSPS) is 10.6. The lowest BCUT2D eigenvalue weighted by molar-refractivity contribution is -0.131. The van der Waals surface area contributed by atoms with Crippen LogP contribution in [0.5, 0.6) is 0 Å². The van der Waals surface area contributed by atoms with Crippen LogP contribution in [0.2, 0.25) is 0 Å². The third-order valence-corrected chi connectivity index (χ3v) is 1.66. The monoisotopic (exact) mass is 176 g/mol. The molecule has 0 saturated heterocycles. The number of carbonyl (C=O) groups is 1. The van der Waals surface area contributed by atoms with Crippen molar-refractivity contribution in [2.24, 2.45) is 0 Å². The van der Waals surface area contributed by atoms with Gasteiger partial charge in [-0.15, -0.1) is 0 Å². The summed E-state index contributed by atoms with van der Waals surface area (Å²) < 4.78 is 0. The Balaban J connectivity index is 2.95. The summed E-state index contributed by atoms with van der Waals surface area (Å²) in [7, 11) is 0. The molecule has 0 aromatic heterocycles. The molecule has 0 aliphatic carbocycles. The van der Waals surface area contributed by atoms with E-state index in [-0.39, 0.29) is 0 Å². The zero-order valence-electron chi connectivity index (χ0n) is 7.74. The van der Waals surface area contributed by atoms with Crippen LogP contribution in [-0.4, -0.2) is 11.1 Å². The fourth-order valence-electron chi connectivity index (χ4n) is 1.27. The second-order valence-electron chi connectivity index (χ2n) is 3.09. The Hall–Kier alpha value is -1.57. The average molecular weight is 176 g/mol. The van der Waals surface area contributed by atoms with Gasteiger partial charge in [0.05, 0.1) is 0 Å². The van der Waals surface area contributed by atoms with Crippen LogP contribution in [0, 0.1) is 13.8 Å². The Bertz CT molecular complexity index is 331. The number of carboxylic acid groups (broad SMARTS) is 1. The van der Waals surface area contributed by atoms with E-state index in [0.717, 1.165) is 22.8 Å². The zero-order chi connectivity index (χ0) is 9.84. The highest BCUT2D eigenvalue weighted by molar-refractivity contribution is 5.85. The molecule has 0 bridgehead atoms. The van der Waals surface area contributed by atoms with E-state index in [1.165, 1.54) is 0 Å². The Morgan fingerprint density at radius 1 is 1.23 bits per heavy atom. The molecule has 0 radical (unpaired) electrons. The molecule has 0 fully saturated rings. The molecule has 68 valence electrons. The van der Waals surface area contributed by atoms with Gasteiger partial charge in [-0.05, 0) is 25.5 Å². The van der Waals surface area contributed by atoms with Crippen molar-refractivity contribution in [2.45, 2.75) is 13.8 Å². The van der Waals surface area contributed by atoms with Gasteiger partial charge in [-0.1, -0.05) is 29.3 Å². The minimum atomic E-state index is -0.917. The van der Waals surface area contributed by atoms with Crippen molar-refractivity contribution < 1.29 is 9.90 Å². The second-order valence-corrected chi connectivity index (χ2v) is 3.09. The number of rotatable bonds is 2. The summed E-state index contributed by atoms with van der Waals surface area (Å²) in [6.07, 6.45) is 2.75. The highest BCUT2D eigenvalue weighted by Crippen LogP contribution is 2.09. The van der Waals surface area contributed by atoms with Crippen molar-refractivity contribution in [2.75, 3.05) is 0 Å². The number of aliphatic carboxylic acids is 1. The van der Waals surface area contributed by atoms with E-state index < -0.39 is 5.97 Å². The molecule has 0 spiro atoms. The lowest BCUT2D eigenvalue weighted by Gasteiger charge is -1.98. The van der Waals surface area contributed by atoms with Crippen molar-refractivity contribution in [3.05, 3.63) is 41.0 Å². The maximum Gasteiger partial charge on any atom is 0.328 e. The van der Waals surface area contributed by atoms with Gasteiger partial charge >= 0.3 is 5.97 Å². The molecule has 1 N–H and O–H groups in total. The van der Waals surface area contributed by atoms with Crippen LogP contribution in [0.3, 0.4) is 0 Å². The summed E-state index contributed by atoms with van der Waals surface area (Å²) >= 11 is 0. The van der Waals surface area contributed by atoms with Gasteiger partial charge in [0.1, 0.15) is 0 Å². The predicted molar refractivity (Wildman–Crippen MR) is 52.6 cm³/mol. The summed E-state index contributed by atoms with van der Waals surface area (Å²) in [6.45, 7) is 3.98. The summed E-state index contributed by atoms with van der Waals surface area (Å²) in [6, 6.07) is 5.96. The number of benzene rings is 1. The fraction of sp³-hybridized carbons (Fsp3) is 0.182. The average Bonchev–Trinajstić information content (AvgIpc) is 1.99. The van der Waals surface area contributed by atoms with Crippen molar-refractivity contribution in [1.29, 1.82) is 0 Å². The molecule has 0 aliphatic heterocycles. The van der Waals surface area contributed by atoms with Gasteiger partial charge in [0, 0.05) is 6.08 Å². The van der Waals surface area contributed by atoms with E-state index in [2.05, 4.69) is 6.07 Å². The minimum Gasteiger partial charge on any atom is -0.478 e. The first kappa shape index (κ1) is 9.52. The highest BCUT2D eigenvalue weighted by Gasteiger charge is 1.92. The van der Waals surface area contributed by atoms with Gasteiger partial charge in [-0.2, -0.15) is 0 Å². The molecule has 0 aliphatic rings. The number of aryl methyl sites for hydroxylation is 2. The van der Waals surface area contributed by atoms with E-state index in [1.807, 2.05) is 26.0 Å². The molecule has 1 rings (SSSR count). The molecule has 0 heterocycles. The molecule has 0 amide bonds. The summed E-state index contributed by atoms with van der Waals surface area (Å²) in [5, 5.41) is 8.43. The number of carboxylic acids is 1. The van der Waals surface area contributed by atoms with Crippen LogP contribution in [0.4, 0.5) is 0 Å². The third kappa shape index (κ3) is 3.11. The van der Waals surface area contributed by atoms with Gasteiger partial charge in [0.2, 0.25) is 0 Å². The molecule has 1 aromatic rings. The Kier molecular flexibility index (Phi) is 2.85. The number of hydrogen-bond donors (Lipinski definition) is 1. The molecular weight excluding hydrogens is 164 g/mol. The van der Waals surface area contributed by atoms with Gasteiger partial charge in [0.15, 0.2) is 0 Å². The van der Waals surface area contributed by atoms with Crippen molar-refractivity contribution in [3.8, 4) is 0 Å². The quantitative estimate of drug-likeness (QED) is 0.702. The van der Waals surface area contributed by atoms with E-state index in [9.17, 15) is 4.79 Å². The first-order valence-electron chi connectivity index (χ1n) is 4.07. The van der Waals surface area contributed by atoms with Gasteiger partial charge in [-0.25, -0.2) is 4.79 Å². The molecular formula is C11H12O2. The maximum absolute atomic E-state index is 10.3. The molecule has 1 aromatic carbocycles. The smallest absolute Gasteiger partial charge is 0.328 e. The van der Waals surface area contributed by atoms with Crippen molar-refractivity contribution >= 4 is 12.0 Å². The van der Waals surface area contributed by atoms with Crippen molar-refractivity contribution in [1.82, 2.24) is 0 Å². The van der Waals surface area contributed by atoms with Gasteiger partial charge in [0.25, 0.3) is 0 Å². The van der Waals surface area contributed by atoms with E-state index in [4.69, 9.17) is 5.11 Å². The fourth-order valence-corrected chi connectivity index (χ4v) is 1.27. The van der Waals surface area contributed by atoms with E-state index >= 15 is 0 Å². The van der Waals surface area contributed by atoms with Crippen molar-refractivity contribution in [3.63, 3.8) is 0 Å². The largest absolute Gasteiger partial charge is 0.478 e. The minimum absolute atomic E-state index is 0.917. The Morgan fingerprint density at radius 3 is 2.23 bits per heavy atom. The topological polar surface area (TPSA) is 37.3 Å².